The molecule has 2 heterocycles. The van der Waals surface area contributed by atoms with E-state index in [1.165, 1.54) is 72.0 Å². The van der Waals surface area contributed by atoms with Crippen molar-refractivity contribution in [3.8, 4) is 11.1 Å². The Kier molecular flexibility index (Phi) is 9.44. The van der Waals surface area contributed by atoms with Gasteiger partial charge in [-0.15, -0.1) is 0 Å². The van der Waals surface area contributed by atoms with E-state index in [2.05, 4.69) is 188 Å². The van der Waals surface area contributed by atoms with Crippen LogP contribution >= 0.6 is 0 Å². The maximum atomic E-state index is 5.23. The van der Waals surface area contributed by atoms with E-state index in [4.69, 9.17) is 11.6 Å². The van der Waals surface area contributed by atoms with Gasteiger partial charge in [-0.3, -0.25) is 9.89 Å². The van der Waals surface area contributed by atoms with Gasteiger partial charge in [-0.2, -0.15) is 0 Å². The maximum Gasteiger partial charge on any atom is 0.140 e. The van der Waals surface area contributed by atoms with Crippen molar-refractivity contribution in [3.63, 3.8) is 0 Å². The zero-order valence-electron chi connectivity index (χ0n) is 32.5. The third kappa shape index (κ3) is 6.33. The molecule has 0 radical (unpaired) electrons. The van der Waals surface area contributed by atoms with Crippen molar-refractivity contribution in [2.45, 2.75) is 32.6 Å². The minimum Gasteiger partial charge on any atom is -0.347 e. The third-order valence-electron chi connectivity index (χ3n) is 11.8. The molecule has 2 aliphatic heterocycles. The molecular weight excluding hydrogens is 679 g/mol. The Morgan fingerprint density at radius 2 is 1.48 bits per heavy atom. The maximum absolute atomic E-state index is 5.23. The second kappa shape index (κ2) is 15.0. The van der Waals surface area contributed by atoms with Gasteiger partial charge < -0.3 is 4.90 Å². The Bertz CT molecular complexity index is 2700. The van der Waals surface area contributed by atoms with E-state index in [1.54, 1.807) is 0 Å². The standard InChI is InChI=1S/C53H47N3/c1-36-17-16-23-38-20-8-11-24-44(38)37(2)56(51(36)35-49(39-18-6-5-7-19-39)52-34-43-22-10-15-28-50(43)55(52)4)53(54-3)47-27-14-13-26-46(47)42-32-31-41-30-29-40-21-9-12-25-45(40)48(41)33-42/h5-10,12-16,18-23,25-33,35-36H,2,11,17,24,34H2,1,3-4H3/b23-16-,51-35+,52-49-,54-53?. The van der Waals surface area contributed by atoms with Crippen molar-refractivity contribution in [3.05, 3.63) is 215 Å². The monoisotopic (exact) mass is 725 g/mol. The van der Waals surface area contributed by atoms with Gasteiger partial charge in [0.05, 0.1) is 0 Å². The summed E-state index contributed by atoms with van der Waals surface area (Å²) in [5.74, 6) is 1.04. The molecule has 0 spiro atoms. The number of benzene rings is 6. The molecule has 9 rings (SSSR count). The predicted molar refractivity (Wildman–Crippen MR) is 239 cm³/mol. The summed E-state index contributed by atoms with van der Waals surface area (Å²) in [5, 5.41) is 5.00. The van der Waals surface area contributed by atoms with Crippen LogP contribution in [0.5, 0.6) is 0 Å². The van der Waals surface area contributed by atoms with Crippen molar-refractivity contribution in [2.75, 3.05) is 19.0 Å². The minimum atomic E-state index is 0.151. The highest BCUT2D eigenvalue weighted by molar-refractivity contribution is 6.11. The number of fused-ring (bicyclic) bond motifs is 4. The number of rotatable bonds is 4. The summed E-state index contributed by atoms with van der Waals surface area (Å²) < 4.78 is 0. The number of anilines is 1. The van der Waals surface area contributed by atoms with E-state index in [9.17, 15) is 0 Å². The number of allylic oxidation sites excluding steroid dienone is 10. The fourth-order valence-corrected chi connectivity index (χ4v) is 8.88. The average molecular weight is 726 g/mol. The number of likely N-dealkylation sites (N-methyl/N-ethyl adjacent to an activating group) is 1. The van der Waals surface area contributed by atoms with Gasteiger partial charge >= 0.3 is 0 Å². The van der Waals surface area contributed by atoms with Gasteiger partial charge in [-0.25, -0.2) is 0 Å². The lowest BCUT2D eigenvalue weighted by molar-refractivity contribution is 0.515. The van der Waals surface area contributed by atoms with Crippen LogP contribution in [0.1, 0.15) is 42.9 Å². The molecule has 6 aromatic rings. The lowest BCUT2D eigenvalue weighted by Crippen LogP contribution is -2.34. The molecule has 0 saturated carbocycles. The number of amidine groups is 1. The van der Waals surface area contributed by atoms with Crippen LogP contribution in [0.25, 0.3) is 38.2 Å². The van der Waals surface area contributed by atoms with Crippen molar-refractivity contribution in [2.24, 2.45) is 10.9 Å². The Morgan fingerprint density at radius 3 is 2.32 bits per heavy atom. The smallest absolute Gasteiger partial charge is 0.140 e. The SMILES string of the molecule is C=C1C2=C(C=CCC2)/C=C\CC(C)/C(=C\C(=C2/Cc3ccccc3N2C)c2ccccc2)N1C(=NC)c1ccccc1-c1ccc2ccc3ccccc3c2c1. The molecule has 3 aliphatic rings. The Labute approximate surface area is 331 Å². The van der Waals surface area contributed by atoms with E-state index in [0.29, 0.717) is 0 Å². The van der Waals surface area contributed by atoms with Crippen LogP contribution in [-0.2, 0) is 6.42 Å². The predicted octanol–water partition coefficient (Wildman–Crippen LogP) is 13.1. The summed E-state index contributed by atoms with van der Waals surface area (Å²) in [6.45, 7) is 7.31. The lowest BCUT2D eigenvalue weighted by atomic mass is 9.91. The van der Waals surface area contributed by atoms with Gasteiger partial charge in [-0.05, 0) is 92.4 Å². The van der Waals surface area contributed by atoms with Gasteiger partial charge in [-0.1, -0.05) is 159 Å². The molecule has 0 amide bonds. The molecule has 1 aliphatic carbocycles. The largest absolute Gasteiger partial charge is 0.347 e. The molecule has 0 bridgehead atoms. The van der Waals surface area contributed by atoms with Gasteiger partial charge in [0.25, 0.3) is 0 Å². The molecule has 0 N–H and O–H groups in total. The Hall–Kier alpha value is -6.45. The molecule has 1 atom stereocenters. The van der Waals surface area contributed by atoms with Gasteiger partial charge in [0.1, 0.15) is 5.84 Å². The fourth-order valence-electron chi connectivity index (χ4n) is 8.88. The number of nitrogens with zero attached hydrogens (tertiary/aromatic N) is 3. The summed E-state index contributed by atoms with van der Waals surface area (Å²) in [7, 11) is 4.15. The number of aliphatic imine (C=N–C) groups is 1. The van der Waals surface area contributed by atoms with Crippen LogP contribution in [-0.4, -0.2) is 24.8 Å². The highest BCUT2D eigenvalue weighted by Gasteiger charge is 2.31. The Morgan fingerprint density at radius 1 is 0.768 bits per heavy atom. The first-order chi connectivity index (χ1) is 27.5. The van der Waals surface area contributed by atoms with Crippen LogP contribution < -0.4 is 4.90 Å². The summed E-state index contributed by atoms with van der Waals surface area (Å²) in [6, 6.07) is 48.5. The number of para-hydroxylation sites is 1. The number of hydrogen-bond donors (Lipinski definition) is 0. The molecular formula is C53H47N3. The molecule has 0 aromatic heterocycles. The molecule has 274 valence electrons. The van der Waals surface area contributed by atoms with Gasteiger partial charge in [0.2, 0.25) is 0 Å². The second-order valence-electron chi connectivity index (χ2n) is 15.2. The Balaban J connectivity index is 1.27. The van der Waals surface area contributed by atoms with Crippen molar-refractivity contribution in [1.82, 2.24) is 4.90 Å². The summed E-state index contributed by atoms with van der Waals surface area (Å²) >= 11 is 0. The summed E-state index contributed by atoms with van der Waals surface area (Å²) in [5.41, 5.74) is 14.4. The molecule has 0 fully saturated rings. The fraction of sp³-hybridized carbons (Fsp3) is 0.151. The van der Waals surface area contributed by atoms with E-state index < -0.39 is 0 Å². The quantitative estimate of drug-likeness (QED) is 0.102. The highest BCUT2D eigenvalue weighted by Crippen LogP contribution is 2.42. The van der Waals surface area contributed by atoms with Crippen LogP contribution in [0, 0.1) is 5.92 Å². The van der Waals surface area contributed by atoms with E-state index in [0.717, 1.165) is 48.3 Å². The van der Waals surface area contributed by atoms with Crippen LogP contribution in [0.15, 0.2) is 204 Å². The van der Waals surface area contributed by atoms with Crippen molar-refractivity contribution >= 4 is 38.6 Å². The first-order valence-corrected chi connectivity index (χ1v) is 19.9. The van der Waals surface area contributed by atoms with Crippen molar-refractivity contribution < 1.29 is 0 Å². The first kappa shape index (κ1) is 35.3. The zero-order chi connectivity index (χ0) is 38.2. The van der Waals surface area contributed by atoms with E-state index in [1.807, 2.05) is 7.05 Å². The summed E-state index contributed by atoms with van der Waals surface area (Å²) in [4.78, 5) is 10.0. The van der Waals surface area contributed by atoms with Gasteiger partial charge in [0, 0.05) is 60.3 Å². The first-order valence-electron chi connectivity index (χ1n) is 19.9. The van der Waals surface area contributed by atoms with Crippen LogP contribution in [0.3, 0.4) is 0 Å². The molecule has 0 saturated heterocycles. The number of hydrogen-bond acceptors (Lipinski definition) is 2. The normalized spacial score (nSPS) is 19.6. The van der Waals surface area contributed by atoms with Crippen LogP contribution in [0.2, 0.25) is 0 Å². The molecule has 56 heavy (non-hydrogen) atoms. The molecule has 3 nitrogen and oxygen atoms in total. The summed E-state index contributed by atoms with van der Waals surface area (Å²) in [6.07, 6.45) is 15.3. The average Bonchev–Trinajstić information content (AvgIpc) is 3.60. The third-order valence-corrected chi connectivity index (χ3v) is 11.8. The van der Waals surface area contributed by atoms with E-state index >= 15 is 0 Å². The lowest BCUT2D eigenvalue weighted by Gasteiger charge is -2.36. The van der Waals surface area contributed by atoms with Crippen LogP contribution in [0.4, 0.5) is 5.69 Å². The molecule has 1 unspecified atom stereocenters. The second-order valence-corrected chi connectivity index (χ2v) is 15.2. The highest BCUT2D eigenvalue weighted by atomic mass is 15.2. The van der Waals surface area contributed by atoms with E-state index in [-0.39, 0.29) is 5.92 Å². The molecule has 6 aromatic carbocycles. The zero-order valence-corrected chi connectivity index (χ0v) is 32.5. The topological polar surface area (TPSA) is 18.8 Å². The molecule has 3 heteroatoms. The van der Waals surface area contributed by atoms with Gasteiger partial charge in [0.15, 0.2) is 0 Å². The van der Waals surface area contributed by atoms with Crippen molar-refractivity contribution in [1.29, 1.82) is 0 Å². The minimum absolute atomic E-state index is 0.151.